The summed E-state index contributed by atoms with van der Waals surface area (Å²) in [5.74, 6) is -0.252. The van der Waals surface area contributed by atoms with Gasteiger partial charge in [0.05, 0.1) is 10.5 Å². The van der Waals surface area contributed by atoms with E-state index in [0.29, 0.717) is 12.1 Å². The monoisotopic (exact) mass is 333 g/mol. The quantitative estimate of drug-likeness (QED) is 0.655. The minimum atomic E-state index is -0.479. The van der Waals surface area contributed by atoms with E-state index in [1.54, 1.807) is 0 Å². The minimum absolute atomic E-state index is 0. The van der Waals surface area contributed by atoms with Gasteiger partial charge in [0.2, 0.25) is 0 Å². The van der Waals surface area contributed by atoms with E-state index in [1.165, 1.54) is 11.4 Å². The lowest BCUT2D eigenvalue weighted by atomic mass is 9.77. The predicted octanol–water partition coefficient (Wildman–Crippen LogP) is 2.59. The van der Waals surface area contributed by atoms with Gasteiger partial charge >= 0.3 is 5.00 Å². The van der Waals surface area contributed by atoms with Crippen LogP contribution in [0.3, 0.4) is 0 Å². The zero-order valence-electron chi connectivity index (χ0n) is 12.0. The molecule has 0 aliphatic carbocycles. The van der Waals surface area contributed by atoms with Gasteiger partial charge in [-0.1, -0.05) is 25.2 Å². The van der Waals surface area contributed by atoms with Gasteiger partial charge < -0.3 is 10.6 Å². The second-order valence-corrected chi connectivity index (χ2v) is 6.63. The van der Waals surface area contributed by atoms with Gasteiger partial charge in [0.1, 0.15) is 0 Å². The van der Waals surface area contributed by atoms with Crippen molar-refractivity contribution in [1.29, 1.82) is 0 Å². The minimum Gasteiger partial charge on any atom is -0.350 e. The van der Waals surface area contributed by atoms with Crippen LogP contribution in [0.5, 0.6) is 0 Å². The SMILES string of the molecule is CC1(C)CCCNC1CNC(=O)c1csc([N+](=O)[O-])c1.Cl. The first kappa shape index (κ1) is 17.9. The molecule has 1 fully saturated rings. The number of nitrogens with one attached hydrogen (secondary N) is 2. The third kappa shape index (κ3) is 4.39. The predicted molar refractivity (Wildman–Crippen MR) is 85.4 cm³/mol. The number of amides is 1. The Morgan fingerprint density at radius 3 is 2.90 bits per heavy atom. The third-order valence-electron chi connectivity index (χ3n) is 3.83. The molecule has 6 nitrogen and oxygen atoms in total. The molecule has 0 bridgehead atoms. The van der Waals surface area contributed by atoms with Crippen LogP contribution < -0.4 is 10.6 Å². The third-order valence-corrected chi connectivity index (χ3v) is 4.71. The van der Waals surface area contributed by atoms with Crippen LogP contribution in [0.4, 0.5) is 5.00 Å². The standard InChI is InChI=1S/C13H19N3O3S.ClH/c1-13(2)4-3-5-14-10(13)7-15-12(17)9-6-11(16(18)19)20-8-9;/h6,8,10,14H,3-5,7H2,1-2H3,(H,15,17);1H. The van der Waals surface area contributed by atoms with E-state index >= 15 is 0 Å². The average Bonchev–Trinajstić information content (AvgIpc) is 2.86. The van der Waals surface area contributed by atoms with Gasteiger partial charge in [-0.15, -0.1) is 12.4 Å². The van der Waals surface area contributed by atoms with Gasteiger partial charge in [-0.25, -0.2) is 0 Å². The van der Waals surface area contributed by atoms with Crippen LogP contribution in [0.2, 0.25) is 0 Å². The number of carbonyl (C=O) groups is 1. The Morgan fingerprint density at radius 2 is 2.33 bits per heavy atom. The maximum absolute atomic E-state index is 12.0. The lowest BCUT2D eigenvalue weighted by molar-refractivity contribution is -0.380. The zero-order chi connectivity index (χ0) is 14.8. The molecule has 1 unspecified atom stereocenters. The smallest absolute Gasteiger partial charge is 0.324 e. The van der Waals surface area contributed by atoms with Crippen molar-refractivity contribution in [3.8, 4) is 0 Å². The topological polar surface area (TPSA) is 84.3 Å². The molecule has 1 amide bonds. The van der Waals surface area contributed by atoms with E-state index in [4.69, 9.17) is 0 Å². The summed E-state index contributed by atoms with van der Waals surface area (Å²) in [7, 11) is 0. The number of hydrogen-bond donors (Lipinski definition) is 2. The summed E-state index contributed by atoms with van der Waals surface area (Å²) >= 11 is 0.972. The van der Waals surface area contributed by atoms with Crippen LogP contribution in [0.1, 0.15) is 37.0 Å². The highest BCUT2D eigenvalue weighted by atomic mass is 35.5. The molecule has 2 heterocycles. The zero-order valence-corrected chi connectivity index (χ0v) is 13.7. The number of nitrogens with zero attached hydrogens (tertiary/aromatic N) is 1. The highest BCUT2D eigenvalue weighted by Gasteiger charge is 2.32. The van der Waals surface area contributed by atoms with Crippen molar-refractivity contribution in [3.63, 3.8) is 0 Å². The van der Waals surface area contributed by atoms with Crippen LogP contribution >= 0.6 is 23.7 Å². The molecule has 0 saturated carbocycles. The van der Waals surface area contributed by atoms with E-state index in [1.807, 2.05) is 0 Å². The number of rotatable bonds is 4. The molecule has 0 spiro atoms. The second kappa shape index (κ2) is 7.20. The van der Waals surface area contributed by atoms with Crippen molar-refractivity contribution in [2.24, 2.45) is 5.41 Å². The normalized spacial score (nSPS) is 20.4. The lowest BCUT2D eigenvalue weighted by Gasteiger charge is -2.39. The van der Waals surface area contributed by atoms with E-state index < -0.39 is 4.92 Å². The van der Waals surface area contributed by atoms with Crippen molar-refractivity contribution in [2.75, 3.05) is 13.1 Å². The fourth-order valence-corrected chi connectivity index (χ4v) is 3.16. The Kier molecular flexibility index (Phi) is 6.12. The molecule has 2 N–H and O–H groups in total. The van der Waals surface area contributed by atoms with Crippen LogP contribution in [-0.2, 0) is 0 Å². The molecule has 118 valence electrons. The average molecular weight is 334 g/mol. The number of carbonyl (C=O) groups excluding carboxylic acids is 1. The Balaban J connectivity index is 0.00000220. The fourth-order valence-electron chi connectivity index (χ4n) is 2.46. The van der Waals surface area contributed by atoms with Crippen molar-refractivity contribution >= 4 is 34.7 Å². The highest BCUT2D eigenvalue weighted by molar-refractivity contribution is 7.13. The maximum atomic E-state index is 12.0. The first-order chi connectivity index (χ1) is 9.40. The summed E-state index contributed by atoms with van der Waals surface area (Å²) in [5, 5.41) is 18.4. The second-order valence-electron chi connectivity index (χ2n) is 5.74. The molecular formula is C13H20ClN3O3S. The van der Waals surface area contributed by atoms with Gasteiger partial charge in [0.15, 0.2) is 0 Å². The summed E-state index contributed by atoms with van der Waals surface area (Å²) in [6, 6.07) is 1.55. The molecule has 1 saturated heterocycles. The highest BCUT2D eigenvalue weighted by Crippen LogP contribution is 2.29. The van der Waals surface area contributed by atoms with E-state index in [2.05, 4.69) is 24.5 Å². The summed E-state index contributed by atoms with van der Waals surface area (Å²) in [6.07, 6.45) is 2.28. The Hall–Kier alpha value is -1.18. The summed E-state index contributed by atoms with van der Waals surface area (Å²) in [4.78, 5) is 22.1. The summed E-state index contributed by atoms with van der Waals surface area (Å²) < 4.78 is 0. The largest absolute Gasteiger partial charge is 0.350 e. The molecule has 0 radical (unpaired) electrons. The van der Waals surface area contributed by atoms with Crippen molar-refractivity contribution < 1.29 is 9.72 Å². The fraction of sp³-hybridized carbons (Fsp3) is 0.615. The molecule has 8 heteroatoms. The first-order valence-corrected chi connectivity index (χ1v) is 7.52. The maximum Gasteiger partial charge on any atom is 0.324 e. The van der Waals surface area contributed by atoms with Gasteiger partial charge in [-0.3, -0.25) is 14.9 Å². The summed E-state index contributed by atoms with van der Waals surface area (Å²) in [6.45, 7) is 5.88. The van der Waals surface area contributed by atoms with Gasteiger partial charge in [0, 0.05) is 24.0 Å². The van der Waals surface area contributed by atoms with Gasteiger partial charge in [-0.05, 0) is 24.8 Å². The van der Waals surface area contributed by atoms with E-state index in [0.717, 1.165) is 30.7 Å². The number of hydrogen-bond acceptors (Lipinski definition) is 5. The molecule has 2 rings (SSSR count). The Labute approximate surface area is 133 Å². The molecule has 21 heavy (non-hydrogen) atoms. The van der Waals surface area contributed by atoms with Gasteiger partial charge in [-0.2, -0.15) is 0 Å². The molecule has 1 atom stereocenters. The Morgan fingerprint density at radius 1 is 1.62 bits per heavy atom. The lowest BCUT2D eigenvalue weighted by Crippen LogP contribution is -2.52. The van der Waals surface area contributed by atoms with E-state index in [9.17, 15) is 14.9 Å². The van der Waals surface area contributed by atoms with Crippen molar-refractivity contribution in [2.45, 2.75) is 32.7 Å². The number of thiophene rings is 1. The first-order valence-electron chi connectivity index (χ1n) is 6.64. The molecule has 0 aromatic carbocycles. The van der Waals surface area contributed by atoms with Crippen LogP contribution in [0.25, 0.3) is 0 Å². The number of nitro groups is 1. The molecule has 1 aliphatic heterocycles. The van der Waals surface area contributed by atoms with Gasteiger partial charge in [0.25, 0.3) is 5.91 Å². The van der Waals surface area contributed by atoms with Crippen LogP contribution in [0.15, 0.2) is 11.4 Å². The molecule has 1 aromatic rings. The number of piperidine rings is 1. The summed E-state index contributed by atoms with van der Waals surface area (Å²) in [5.41, 5.74) is 0.502. The van der Waals surface area contributed by atoms with Crippen LogP contribution in [-0.4, -0.2) is 30.0 Å². The number of halogens is 1. The molecule has 1 aromatic heterocycles. The van der Waals surface area contributed by atoms with E-state index in [-0.39, 0.29) is 34.8 Å². The van der Waals surface area contributed by atoms with Crippen LogP contribution in [0, 0.1) is 15.5 Å². The van der Waals surface area contributed by atoms with Crippen molar-refractivity contribution in [1.82, 2.24) is 10.6 Å². The molecule has 1 aliphatic rings. The van der Waals surface area contributed by atoms with Crippen molar-refractivity contribution in [3.05, 3.63) is 27.1 Å². The Bertz CT molecular complexity index is 519. The molecular weight excluding hydrogens is 314 g/mol.